The van der Waals surface area contributed by atoms with E-state index in [1.54, 1.807) is 0 Å². The van der Waals surface area contributed by atoms with E-state index in [9.17, 15) is 18.0 Å². The molecule has 20 heavy (non-hydrogen) atoms. The predicted molar refractivity (Wildman–Crippen MR) is 69.1 cm³/mol. The fourth-order valence-electron chi connectivity index (χ4n) is 1.25. The average molecular weight is 307 g/mol. The average Bonchev–Trinajstić information content (AvgIpc) is 2.29. The van der Waals surface area contributed by atoms with Crippen LogP contribution >= 0.6 is 11.6 Å². The largest absolute Gasteiger partial charge is 0.478 e. The highest BCUT2D eigenvalue weighted by atomic mass is 35.5. The summed E-state index contributed by atoms with van der Waals surface area (Å²) in [7, 11) is 0. The quantitative estimate of drug-likeness (QED) is 0.664. The highest BCUT2D eigenvalue weighted by Crippen LogP contribution is 2.34. The van der Waals surface area contributed by atoms with Gasteiger partial charge in [-0.25, -0.2) is 4.79 Å². The number of benzene rings is 1. The number of nitrogens with zero attached hydrogens (tertiary/aromatic N) is 1. The molecule has 0 radical (unpaired) electrons. The van der Waals surface area contributed by atoms with Crippen molar-refractivity contribution in [3.8, 4) is 0 Å². The molecule has 8 heteroatoms. The molecule has 0 heterocycles. The molecule has 0 saturated carbocycles. The number of carboxylic acid groups (broad SMARTS) is 1. The Morgan fingerprint density at radius 2 is 2.05 bits per heavy atom. The van der Waals surface area contributed by atoms with Crippen molar-refractivity contribution >= 4 is 29.5 Å². The molecule has 0 atom stereocenters. The van der Waals surface area contributed by atoms with Crippen LogP contribution in [0.2, 0.25) is 5.02 Å². The van der Waals surface area contributed by atoms with E-state index in [1.807, 2.05) is 0 Å². The van der Waals surface area contributed by atoms with Crippen molar-refractivity contribution in [3.63, 3.8) is 0 Å². The molecule has 0 saturated heterocycles. The van der Waals surface area contributed by atoms with Crippen molar-refractivity contribution < 1.29 is 23.1 Å². The summed E-state index contributed by atoms with van der Waals surface area (Å²) in [6.45, 7) is 1.34. The molecule has 0 fully saturated rings. The minimum Gasteiger partial charge on any atom is -0.478 e. The van der Waals surface area contributed by atoms with Gasteiger partial charge in [0, 0.05) is 11.9 Å². The van der Waals surface area contributed by atoms with Crippen LogP contribution in [0.25, 0.3) is 0 Å². The molecule has 1 aromatic rings. The predicted octanol–water partition coefficient (Wildman–Crippen LogP) is 3.38. The zero-order valence-corrected chi connectivity index (χ0v) is 11.0. The summed E-state index contributed by atoms with van der Waals surface area (Å²) in [5.41, 5.74) is 3.86. The third kappa shape index (κ3) is 3.99. The Labute approximate surface area is 117 Å². The molecule has 4 nitrogen and oxygen atoms in total. The molecule has 0 amide bonds. The standard InChI is InChI=1S/C12H10ClF3N2O2/c1-6(17)8(11(19)20)5-18-10-4-7(12(14,15)16)2-3-9(10)13/h2-5H,17H2,1H3,(H,19,20). The number of carbonyl (C=O) groups is 1. The van der Waals surface area contributed by atoms with Crippen LogP contribution in [-0.2, 0) is 11.0 Å². The third-order valence-corrected chi connectivity index (χ3v) is 2.58. The molecule has 0 aromatic heterocycles. The Morgan fingerprint density at radius 1 is 1.45 bits per heavy atom. The molecule has 0 unspecified atom stereocenters. The lowest BCUT2D eigenvalue weighted by Crippen LogP contribution is -2.09. The summed E-state index contributed by atoms with van der Waals surface area (Å²) in [5.74, 6) is -1.34. The lowest BCUT2D eigenvalue weighted by atomic mass is 10.2. The number of nitrogens with two attached hydrogens (primary N) is 1. The fraction of sp³-hybridized carbons (Fsp3) is 0.167. The van der Waals surface area contributed by atoms with Crippen molar-refractivity contribution in [3.05, 3.63) is 40.1 Å². The van der Waals surface area contributed by atoms with E-state index >= 15 is 0 Å². The van der Waals surface area contributed by atoms with E-state index in [-0.39, 0.29) is 22.0 Å². The van der Waals surface area contributed by atoms with E-state index in [0.717, 1.165) is 24.4 Å². The zero-order valence-electron chi connectivity index (χ0n) is 10.2. The molecular formula is C12H10ClF3N2O2. The van der Waals surface area contributed by atoms with Crippen LogP contribution in [0.1, 0.15) is 12.5 Å². The molecule has 0 bridgehead atoms. The molecule has 3 N–H and O–H groups in total. The maximum absolute atomic E-state index is 12.5. The van der Waals surface area contributed by atoms with Gasteiger partial charge in [-0.2, -0.15) is 13.2 Å². The van der Waals surface area contributed by atoms with Gasteiger partial charge in [0.2, 0.25) is 0 Å². The molecular weight excluding hydrogens is 297 g/mol. The minimum absolute atomic E-state index is 0.0238. The van der Waals surface area contributed by atoms with Gasteiger partial charge in [-0.15, -0.1) is 0 Å². The van der Waals surface area contributed by atoms with Crippen molar-refractivity contribution in [2.75, 3.05) is 0 Å². The Morgan fingerprint density at radius 3 is 2.50 bits per heavy atom. The molecule has 0 aliphatic heterocycles. The maximum Gasteiger partial charge on any atom is 0.416 e. The van der Waals surface area contributed by atoms with Crippen molar-refractivity contribution in [2.24, 2.45) is 10.7 Å². The van der Waals surface area contributed by atoms with E-state index in [4.69, 9.17) is 22.4 Å². The number of rotatable bonds is 3. The van der Waals surface area contributed by atoms with Crippen LogP contribution in [0.15, 0.2) is 34.5 Å². The Kier molecular flexibility index (Phi) is 4.78. The Bertz CT molecular complexity index is 591. The first-order chi connectivity index (χ1) is 9.12. The summed E-state index contributed by atoms with van der Waals surface area (Å²) in [6, 6.07) is 2.57. The van der Waals surface area contributed by atoms with Crippen molar-refractivity contribution in [2.45, 2.75) is 13.1 Å². The summed E-state index contributed by atoms with van der Waals surface area (Å²) >= 11 is 5.71. The first kappa shape index (κ1) is 16.0. The first-order valence-electron chi connectivity index (χ1n) is 5.23. The minimum atomic E-state index is -4.54. The van der Waals surface area contributed by atoms with Crippen LogP contribution in [-0.4, -0.2) is 17.3 Å². The molecule has 1 aromatic carbocycles. The highest BCUT2D eigenvalue weighted by molar-refractivity contribution is 6.33. The van der Waals surface area contributed by atoms with Crippen LogP contribution in [0.3, 0.4) is 0 Å². The number of halogens is 4. The Balaban J connectivity index is 3.22. The van der Waals surface area contributed by atoms with Crippen molar-refractivity contribution in [1.29, 1.82) is 0 Å². The fourth-order valence-corrected chi connectivity index (χ4v) is 1.41. The lowest BCUT2D eigenvalue weighted by molar-refractivity contribution is -0.137. The van der Waals surface area contributed by atoms with Gasteiger partial charge in [0.25, 0.3) is 0 Å². The first-order valence-corrected chi connectivity index (χ1v) is 5.61. The number of hydrogen-bond donors (Lipinski definition) is 2. The maximum atomic E-state index is 12.5. The molecule has 0 aliphatic carbocycles. The van der Waals surface area contributed by atoms with E-state index in [1.165, 1.54) is 6.92 Å². The van der Waals surface area contributed by atoms with Gasteiger partial charge in [-0.3, -0.25) is 4.99 Å². The summed E-state index contributed by atoms with van der Waals surface area (Å²) in [4.78, 5) is 14.5. The van der Waals surface area contributed by atoms with Gasteiger partial charge in [-0.1, -0.05) is 11.6 Å². The van der Waals surface area contributed by atoms with Crippen LogP contribution in [0.4, 0.5) is 18.9 Å². The number of hydrogen-bond acceptors (Lipinski definition) is 3. The van der Waals surface area contributed by atoms with Gasteiger partial charge in [-0.05, 0) is 25.1 Å². The van der Waals surface area contributed by atoms with Gasteiger partial charge in [0.1, 0.15) is 0 Å². The molecule has 1 rings (SSSR count). The van der Waals surface area contributed by atoms with Crippen LogP contribution in [0, 0.1) is 0 Å². The summed E-state index contributed by atoms with van der Waals surface area (Å²) in [6.07, 6.45) is -3.68. The topological polar surface area (TPSA) is 75.7 Å². The van der Waals surface area contributed by atoms with Gasteiger partial charge < -0.3 is 10.8 Å². The van der Waals surface area contributed by atoms with Crippen LogP contribution < -0.4 is 5.73 Å². The van der Waals surface area contributed by atoms with Gasteiger partial charge in [0.05, 0.1) is 21.8 Å². The highest BCUT2D eigenvalue weighted by Gasteiger charge is 2.30. The smallest absolute Gasteiger partial charge is 0.416 e. The summed E-state index contributed by atoms with van der Waals surface area (Å²) < 4.78 is 37.6. The zero-order chi connectivity index (χ0) is 15.5. The normalized spacial score (nSPS) is 13.4. The number of aliphatic carboxylic acids is 1. The van der Waals surface area contributed by atoms with E-state index < -0.39 is 17.7 Å². The molecule has 108 valence electrons. The SMILES string of the molecule is CC(N)=C(C=Nc1cc(C(F)(F)F)ccc1Cl)C(=O)O. The third-order valence-electron chi connectivity index (χ3n) is 2.26. The number of allylic oxidation sites excluding steroid dienone is 1. The molecule has 0 spiro atoms. The summed E-state index contributed by atoms with van der Waals surface area (Å²) in [5, 5.41) is 8.80. The number of carboxylic acids is 1. The Hall–Kier alpha value is -2.02. The second kappa shape index (κ2) is 5.96. The second-order valence-corrected chi connectivity index (χ2v) is 4.23. The van der Waals surface area contributed by atoms with E-state index in [2.05, 4.69) is 4.99 Å². The number of alkyl halides is 3. The number of aliphatic imine (C=N–C) groups is 1. The van der Waals surface area contributed by atoms with Crippen molar-refractivity contribution in [1.82, 2.24) is 0 Å². The second-order valence-electron chi connectivity index (χ2n) is 3.82. The van der Waals surface area contributed by atoms with E-state index in [0.29, 0.717) is 0 Å². The monoisotopic (exact) mass is 306 g/mol. The van der Waals surface area contributed by atoms with Gasteiger partial charge in [0.15, 0.2) is 0 Å². The molecule has 0 aliphatic rings. The van der Waals surface area contributed by atoms with Crippen LogP contribution in [0.5, 0.6) is 0 Å². The van der Waals surface area contributed by atoms with Gasteiger partial charge >= 0.3 is 12.1 Å². The lowest BCUT2D eigenvalue weighted by Gasteiger charge is -2.08.